The van der Waals surface area contributed by atoms with Crippen LogP contribution in [0.25, 0.3) is 5.82 Å². The standard InChI is InChI=1S/C25H23FN6O2/c1-18-27-9-10-32(18)24-16-23(28-17-29-24)30-11-13-31(14-12-30)25(33)19-3-2-4-22(15-19)34-21-7-5-20(26)6-8-21/h2-10,15-17H,11-14H2,1H3. The van der Waals surface area contributed by atoms with Crippen molar-refractivity contribution in [3.63, 3.8) is 0 Å². The van der Waals surface area contributed by atoms with Gasteiger partial charge in [-0.25, -0.2) is 19.3 Å². The van der Waals surface area contributed by atoms with Crippen LogP contribution in [0.3, 0.4) is 0 Å². The molecule has 0 bridgehead atoms. The topological polar surface area (TPSA) is 76.4 Å². The highest BCUT2D eigenvalue weighted by Gasteiger charge is 2.23. The van der Waals surface area contributed by atoms with Crippen LogP contribution in [0.5, 0.6) is 11.5 Å². The van der Waals surface area contributed by atoms with Gasteiger partial charge in [-0.2, -0.15) is 0 Å². The number of nitrogens with zero attached hydrogens (tertiary/aromatic N) is 6. The Labute approximate surface area is 196 Å². The Hall–Kier alpha value is -4.27. The number of aromatic nitrogens is 4. The van der Waals surface area contributed by atoms with Crippen LogP contribution in [0.15, 0.2) is 73.3 Å². The smallest absolute Gasteiger partial charge is 0.254 e. The summed E-state index contributed by atoms with van der Waals surface area (Å²) < 4.78 is 20.8. The normalized spacial score (nSPS) is 13.7. The van der Waals surface area contributed by atoms with Crippen LogP contribution < -0.4 is 9.64 Å². The van der Waals surface area contributed by atoms with Crippen molar-refractivity contribution in [1.29, 1.82) is 0 Å². The SMILES string of the molecule is Cc1nccn1-c1cc(N2CCN(C(=O)c3cccc(Oc4ccc(F)cc4)c3)CC2)ncn1. The first-order chi connectivity index (χ1) is 16.6. The van der Waals surface area contributed by atoms with E-state index in [4.69, 9.17) is 4.74 Å². The summed E-state index contributed by atoms with van der Waals surface area (Å²) in [6.07, 6.45) is 5.15. The third-order valence-electron chi connectivity index (χ3n) is 5.73. The van der Waals surface area contributed by atoms with Gasteiger partial charge in [0.25, 0.3) is 5.91 Å². The molecule has 0 atom stereocenters. The Bertz CT molecular complexity index is 1300. The van der Waals surface area contributed by atoms with Crippen LogP contribution in [0.1, 0.15) is 16.2 Å². The molecule has 2 aromatic heterocycles. The molecule has 0 aliphatic carbocycles. The van der Waals surface area contributed by atoms with Gasteiger partial charge in [-0.3, -0.25) is 9.36 Å². The number of rotatable bonds is 5. The molecular formula is C25H23FN6O2. The third kappa shape index (κ3) is 4.59. The molecule has 0 unspecified atom stereocenters. The van der Waals surface area contributed by atoms with Gasteiger partial charge in [-0.05, 0) is 49.4 Å². The molecule has 3 heterocycles. The van der Waals surface area contributed by atoms with Crippen molar-refractivity contribution in [3.05, 3.63) is 90.5 Å². The van der Waals surface area contributed by atoms with Crippen LogP contribution in [0.2, 0.25) is 0 Å². The van der Waals surface area contributed by atoms with E-state index in [1.54, 1.807) is 48.9 Å². The van der Waals surface area contributed by atoms with E-state index in [0.29, 0.717) is 43.2 Å². The fraction of sp³-hybridized carbons (Fsp3) is 0.200. The summed E-state index contributed by atoms with van der Waals surface area (Å²) in [5, 5.41) is 0. The molecule has 0 N–H and O–H groups in total. The van der Waals surface area contributed by atoms with Gasteiger partial charge < -0.3 is 14.5 Å². The van der Waals surface area contributed by atoms with Crippen molar-refractivity contribution in [3.8, 4) is 17.3 Å². The molecule has 0 radical (unpaired) electrons. The second-order valence-electron chi connectivity index (χ2n) is 7.94. The third-order valence-corrected chi connectivity index (χ3v) is 5.73. The number of piperazine rings is 1. The molecule has 0 saturated carbocycles. The lowest BCUT2D eigenvalue weighted by Gasteiger charge is -2.35. The molecule has 1 aliphatic rings. The summed E-state index contributed by atoms with van der Waals surface area (Å²) in [6.45, 7) is 4.40. The van der Waals surface area contributed by atoms with Crippen LogP contribution in [0.4, 0.5) is 10.2 Å². The molecule has 172 valence electrons. The van der Waals surface area contributed by atoms with Gasteiger partial charge in [0.05, 0.1) is 0 Å². The van der Waals surface area contributed by atoms with Gasteiger partial charge in [-0.15, -0.1) is 0 Å². The van der Waals surface area contributed by atoms with Gasteiger partial charge in [0.1, 0.15) is 41.1 Å². The Morgan fingerprint density at radius 1 is 0.912 bits per heavy atom. The number of aryl methyl sites for hydroxylation is 1. The second kappa shape index (κ2) is 9.30. The maximum absolute atomic E-state index is 13.1. The number of halogens is 1. The van der Waals surface area contributed by atoms with E-state index >= 15 is 0 Å². The van der Waals surface area contributed by atoms with E-state index in [-0.39, 0.29) is 11.7 Å². The lowest BCUT2D eigenvalue weighted by atomic mass is 10.1. The zero-order chi connectivity index (χ0) is 23.5. The molecule has 2 aromatic carbocycles. The molecule has 8 nitrogen and oxygen atoms in total. The average molecular weight is 458 g/mol. The first kappa shape index (κ1) is 21.6. The number of hydrogen-bond acceptors (Lipinski definition) is 6. The first-order valence-electron chi connectivity index (χ1n) is 11.0. The summed E-state index contributed by atoms with van der Waals surface area (Å²) in [7, 11) is 0. The van der Waals surface area contributed by atoms with Gasteiger partial charge >= 0.3 is 0 Å². The highest BCUT2D eigenvalue weighted by atomic mass is 19.1. The summed E-state index contributed by atoms with van der Waals surface area (Å²) >= 11 is 0. The molecule has 34 heavy (non-hydrogen) atoms. The Balaban J connectivity index is 1.23. The van der Waals surface area contributed by atoms with Crippen LogP contribution in [-0.4, -0.2) is 56.5 Å². The van der Waals surface area contributed by atoms with E-state index < -0.39 is 0 Å². The van der Waals surface area contributed by atoms with Crippen molar-refractivity contribution < 1.29 is 13.9 Å². The Morgan fingerprint density at radius 3 is 2.41 bits per heavy atom. The van der Waals surface area contributed by atoms with Crippen molar-refractivity contribution in [2.24, 2.45) is 0 Å². The molecular weight excluding hydrogens is 435 g/mol. The number of anilines is 1. The minimum atomic E-state index is -0.328. The van der Waals surface area contributed by atoms with E-state index in [0.717, 1.165) is 17.5 Å². The van der Waals surface area contributed by atoms with Crippen LogP contribution in [-0.2, 0) is 0 Å². The van der Waals surface area contributed by atoms with E-state index in [9.17, 15) is 9.18 Å². The molecule has 0 spiro atoms. The fourth-order valence-corrected chi connectivity index (χ4v) is 3.91. The van der Waals surface area contributed by atoms with Gasteiger partial charge in [-0.1, -0.05) is 6.07 Å². The number of amides is 1. The summed E-state index contributed by atoms with van der Waals surface area (Å²) in [6, 6.07) is 14.7. The van der Waals surface area contributed by atoms with Crippen molar-refractivity contribution >= 4 is 11.7 Å². The van der Waals surface area contributed by atoms with Crippen molar-refractivity contribution in [1.82, 2.24) is 24.4 Å². The number of ether oxygens (including phenoxy) is 1. The summed E-state index contributed by atoms with van der Waals surface area (Å²) in [4.78, 5) is 30.1. The molecule has 5 rings (SSSR count). The number of hydrogen-bond donors (Lipinski definition) is 0. The maximum atomic E-state index is 13.1. The lowest BCUT2D eigenvalue weighted by molar-refractivity contribution is 0.0746. The zero-order valence-electron chi connectivity index (χ0n) is 18.6. The highest BCUT2D eigenvalue weighted by Crippen LogP contribution is 2.24. The predicted molar refractivity (Wildman–Crippen MR) is 125 cm³/mol. The summed E-state index contributed by atoms with van der Waals surface area (Å²) in [5.41, 5.74) is 0.549. The lowest BCUT2D eigenvalue weighted by Crippen LogP contribution is -2.49. The second-order valence-corrected chi connectivity index (χ2v) is 7.94. The van der Waals surface area contributed by atoms with E-state index in [2.05, 4.69) is 19.9 Å². The van der Waals surface area contributed by atoms with Gasteiger partial charge in [0.15, 0.2) is 0 Å². The Kier molecular flexibility index (Phi) is 5.90. The molecule has 1 saturated heterocycles. The molecule has 4 aromatic rings. The Morgan fingerprint density at radius 2 is 1.68 bits per heavy atom. The van der Waals surface area contributed by atoms with E-state index in [1.165, 1.54) is 12.1 Å². The van der Waals surface area contributed by atoms with Crippen LogP contribution in [0, 0.1) is 12.7 Å². The first-order valence-corrected chi connectivity index (χ1v) is 11.0. The summed E-state index contributed by atoms with van der Waals surface area (Å²) in [5.74, 6) is 3.09. The molecule has 1 fully saturated rings. The zero-order valence-corrected chi connectivity index (χ0v) is 18.6. The largest absolute Gasteiger partial charge is 0.457 e. The number of carbonyl (C=O) groups is 1. The fourth-order valence-electron chi connectivity index (χ4n) is 3.91. The highest BCUT2D eigenvalue weighted by molar-refractivity contribution is 5.94. The average Bonchev–Trinajstić information content (AvgIpc) is 3.31. The molecule has 1 aliphatic heterocycles. The van der Waals surface area contributed by atoms with Gasteiger partial charge in [0, 0.05) is 50.2 Å². The minimum absolute atomic E-state index is 0.0541. The van der Waals surface area contributed by atoms with Gasteiger partial charge in [0.2, 0.25) is 0 Å². The number of imidazole rings is 1. The van der Waals surface area contributed by atoms with Crippen molar-refractivity contribution in [2.75, 3.05) is 31.1 Å². The quantitative estimate of drug-likeness (QED) is 0.452. The maximum Gasteiger partial charge on any atom is 0.254 e. The molecule has 9 heteroatoms. The number of carbonyl (C=O) groups excluding carboxylic acids is 1. The molecule has 1 amide bonds. The van der Waals surface area contributed by atoms with Crippen molar-refractivity contribution in [2.45, 2.75) is 6.92 Å². The van der Waals surface area contributed by atoms with Crippen LogP contribution >= 0.6 is 0 Å². The van der Waals surface area contributed by atoms with E-state index in [1.807, 2.05) is 28.7 Å². The predicted octanol–water partition coefficient (Wildman–Crippen LogP) is 3.86. The monoisotopic (exact) mass is 458 g/mol. The minimum Gasteiger partial charge on any atom is -0.457 e. The number of benzene rings is 2.